The van der Waals surface area contributed by atoms with Crippen molar-refractivity contribution < 1.29 is 19.1 Å². The molecule has 0 saturated carbocycles. The number of rotatable bonds is 8. The van der Waals surface area contributed by atoms with Crippen LogP contribution in [0.4, 0.5) is 5.69 Å². The predicted octanol–water partition coefficient (Wildman–Crippen LogP) is 0.697. The number of esters is 1. The summed E-state index contributed by atoms with van der Waals surface area (Å²) in [5.74, 6) is -0.719. The Morgan fingerprint density at radius 3 is 2.97 bits per heavy atom. The lowest BCUT2D eigenvalue weighted by atomic mass is 9.90. The van der Waals surface area contributed by atoms with Gasteiger partial charge >= 0.3 is 5.97 Å². The van der Waals surface area contributed by atoms with Crippen molar-refractivity contribution in [2.45, 2.75) is 37.8 Å². The van der Waals surface area contributed by atoms with E-state index in [2.05, 4.69) is 22.0 Å². The maximum Gasteiger partial charge on any atom is 0.304 e. The lowest BCUT2D eigenvalue weighted by molar-refractivity contribution is -0.174. The van der Waals surface area contributed by atoms with Crippen molar-refractivity contribution in [3.05, 3.63) is 29.8 Å². The molecule has 30 heavy (non-hydrogen) atoms. The van der Waals surface area contributed by atoms with E-state index in [9.17, 15) is 14.4 Å². The minimum Gasteiger partial charge on any atom is -0.442 e. The number of likely N-dealkylation sites (tertiary alicyclic amines) is 1. The number of fused-ring (bicyclic) bond motifs is 1. The number of carbonyl (C=O) groups excluding carboxylic acids is 3. The summed E-state index contributed by atoms with van der Waals surface area (Å²) in [6, 6.07) is 9.74. The van der Waals surface area contributed by atoms with Gasteiger partial charge in [0.2, 0.25) is 11.8 Å². The van der Waals surface area contributed by atoms with Crippen LogP contribution in [0, 0.1) is 11.3 Å². The molecule has 1 aromatic rings. The SMILES string of the molecule is CC(=O)O[C@]1(CNC(=O)CNC[C@H]2CC(=O)Nc3ccccc32)CCCN1CC#N. The molecule has 0 aliphatic carbocycles. The van der Waals surface area contributed by atoms with Gasteiger partial charge in [-0.1, -0.05) is 18.2 Å². The van der Waals surface area contributed by atoms with Crippen molar-refractivity contribution in [3.63, 3.8) is 0 Å². The summed E-state index contributed by atoms with van der Waals surface area (Å²) < 4.78 is 5.52. The van der Waals surface area contributed by atoms with Gasteiger partial charge in [0.25, 0.3) is 0 Å². The number of nitrogens with zero attached hydrogens (tertiary/aromatic N) is 2. The molecular weight excluding hydrogens is 386 g/mol. The summed E-state index contributed by atoms with van der Waals surface area (Å²) in [6.45, 7) is 2.79. The molecule has 0 bridgehead atoms. The van der Waals surface area contributed by atoms with Crippen LogP contribution in [0.25, 0.3) is 0 Å². The number of anilines is 1. The molecule has 0 radical (unpaired) electrons. The van der Waals surface area contributed by atoms with E-state index in [4.69, 9.17) is 10.00 Å². The molecule has 3 N–H and O–H groups in total. The van der Waals surface area contributed by atoms with Crippen LogP contribution in [0.1, 0.15) is 37.7 Å². The highest BCUT2D eigenvalue weighted by molar-refractivity contribution is 5.94. The van der Waals surface area contributed by atoms with E-state index < -0.39 is 11.7 Å². The van der Waals surface area contributed by atoms with Crippen molar-refractivity contribution in [1.29, 1.82) is 5.26 Å². The summed E-state index contributed by atoms with van der Waals surface area (Å²) in [5, 5.41) is 17.8. The van der Waals surface area contributed by atoms with Gasteiger partial charge in [-0.05, 0) is 18.1 Å². The molecule has 0 spiro atoms. The molecule has 2 heterocycles. The molecule has 1 fully saturated rings. The number of carbonyl (C=O) groups is 3. The Labute approximate surface area is 175 Å². The van der Waals surface area contributed by atoms with Gasteiger partial charge in [-0.3, -0.25) is 19.3 Å². The Bertz CT molecular complexity index is 852. The monoisotopic (exact) mass is 413 g/mol. The van der Waals surface area contributed by atoms with Crippen LogP contribution >= 0.6 is 0 Å². The molecule has 160 valence electrons. The van der Waals surface area contributed by atoms with E-state index in [0.717, 1.165) is 17.7 Å². The van der Waals surface area contributed by atoms with Gasteiger partial charge in [0.1, 0.15) is 0 Å². The first-order valence-electron chi connectivity index (χ1n) is 10.1. The highest BCUT2D eigenvalue weighted by Crippen LogP contribution is 2.31. The van der Waals surface area contributed by atoms with Crippen molar-refractivity contribution in [2.75, 3.05) is 38.0 Å². The number of nitriles is 1. The van der Waals surface area contributed by atoms with Gasteiger partial charge in [-0.25, -0.2) is 0 Å². The Balaban J connectivity index is 1.51. The minimum absolute atomic E-state index is 0.00362. The maximum atomic E-state index is 12.4. The van der Waals surface area contributed by atoms with Crippen molar-refractivity contribution in [2.24, 2.45) is 0 Å². The average molecular weight is 413 g/mol. The Kier molecular flexibility index (Phi) is 7.03. The molecule has 0 aromatic heterocycles. The highest BCUT2D eigenvalue weighted by Gasteiger charge is 2.44. The fraction of sp³-hybridized carbons (Fsp3) is 0.524. The third kappa shape index (κ3) is 5.14. The molecule has 2 aliphatic heterocycles. The van der Waals surface area contributed by atoms with Gasteiger partial charge < -0.3 is 20.7 Å². The van der Waals surface area contributed by atoms with Gasteiger partial charge in [0.15, 0.2) is 5.72 Å². The zero-order valence-corrected chi connectivity index (χ0v) is 17.1. The van der Waals surface area contributed by atoms with Gasteiger partial charge in [0, 0.05) is 44.5 Å². The fourth-order valence-electron chi connectivity index (χ4n) is 4.18. The van der Waals surface area contributed by atoms with Gasteiger partial charge in [-0.15, -0.1) is 0 Å². The fourth-order valence-corrected chi connectivity index (χ4v) is 4.18. The first-order chi connectivity index (χ1) is 14.4. The predicted molar refractivity (Wildman–Crippen MR) is 109 cm³/mol. The van der Waals surface area contributed by atoms with Crippen molar-refractivity contribution in [3.8, 4) is 6.07 Å². The normalized spacial score (nSPS) is 23.2. The standard InChI is InChI=1S/C21H27N5O4/c1-15(27)30-21(7-4-9-26(21)10-8-22)14-24-20(29)13-23-12-16-11-19(28)25-18-6-3-2-5-17(16)18/h2-3,5-6,16,23H,4,7,9-14H2,1H3,(H,24,29)(H,25,28)/t16-,21+/m1/s1. The summed E-state index contributed by atoms with van der Waals surface area (Å²) in [6.07, 6.45) is 1.71. The zero-order valence-electron chi connectivity index (χ0n) is 17.1. The van der Waals surface area contributed by atoms with E-state index in [-0.39, 0.29) is 37.4 Å². The van der Waals surface area contributed by atoms with E-state index in [1.165, 1.54) is 6.92 Å². The second kappa shape index (κ2) is 9.69. The smallest absolute Gasteiger partial charge is 0.304 e. The minimum atomic E-state index is -0.975. The number of hydrogen-bond donors (Lipinski definition) is 3. The summed E-state index contributed by atoms with van der Waals surface area (Å²) in [7, 11) is 0. The molecule has 2 atom stereocenters. The Hall–Kier alpha value is -2.96. The number of para-hydroxylation sites is 1. The zero-order chi connectivity index (χ0) is 21.6. The third-order valence-corrected chi connectivity index (χ3v) is 5.51. The first kappa shape index (κ1) is 21.7. The second-order valence-corrected chi connectivity index (χ2v) is 7.67. The van der Waals surface area contributed by atoms with Crippen LogP contribution in [0.5, 0.6) is 0 Å². The van der Waals surface area contributed by atoms with Crippen LogP contribution in [-0.4, -0.2) is 61.1 Å². The van der Waals surface area contributed by atoms with Crippen LogP contribution < -0.4 is 16.0 Å². The molecule has 9 heteroatoms. The molecular formula is C21H27N5O4. The molecule has 0 unspecified atom stereocenters. The number of benzene rings is 1. The second-order valence-electron chi connectivity index (χ2n) is 7.67. The van der Waals surface area contributed by atoms with E-state index in [1.54, 1.807) is 4.90 Å². The lowest BCUT2D eigenvalue weighted by Gasteiger charge is -2.36. The lowest BCUT2D eigenvalue weighted by Crippen LogP contribution is -2.55. The first-order valence-corrected chi connectivity index (χ1v) is 10.1. The van der Waals surface area contributed by atoms with E-state index in [1.807, 2.05) is 24.3 Å². The van der Waals surface area contributed by atoms with Crippen LogP contribution in [0.3, 0.4) is 0 Å². The number of hydrogen-bond acceptors (Lipinski definition) is 7. The van der Waals surface area contributed by atoms with Crippen LogP contribution in [-0.2, 0) is 19.1 Å². The number of ether oxygens (including phenoxy) is 1. The molecule has 1 saturated heterocycles. The summed E-state index contributed by atoms with van der Waals surface area (Å²) in [4.78, 5) is 37.6. The Morgan fingerprint density at radius 2 is 2.20 bits per heavy atom. The molecule has 1 aromatic carbocycles. The highest BCUT2D eigenvalue weighted by atomic mass is 16.6. The summed E-state index contributed by atoms with van der Waals surface area (Å²) in [5.41, 5.74) is 0.890. The van der Waals surface area contributed by atoms with Gasteiger partial charge in [0.05, 0.1) is 25.7 Å². The van der Waals surface area contributed by atoms with Crippen LogP contribution in [0.15, 0.2) is 24.3 Å². The quantitative estimate of drug-likeness (QED) is 0.423. The largest absolute Gasteiger partial charge is 0.442 e. The Morgan fingerprint density at radius 1 is 1.40 bits per heavy atom. The maximum absolute atomic E-state index is 12.4. The topological polar surface area (TPSA) is 124 Å². The molecule has 3 rings (SSSR count). The molecule has 2 amide bonds. The van der Waals surface area contributed by atoms with Crippen LogP contribution in [0.2, 0.25) is 0 Å². The van der Waals surface area contributed by atoms with Crippen molar-refractivity contribution in [1.82, 2.24) is 15.5 Å². The number of amides is 2. The molecule has 2 aliphatic rings. The van der Waals surface area contributed by atoms with E-state index >= 15 is 0 Å². The van der Waals surface area contributed by atoms with E-state index in [0.29, 0.717) is 25.9 Å². The number of nitrogens with one attached hydrogen (secondary N) is 3. The van der Waals surface area contributed by atoms with Crippen molar-refractivity contribution >= 4 is 23.5 Å². The third-order valence-electron chi connectivity index (χ3n) is 5.51. The van der Waals surface area contributed by atoms with Gasteiger partial charge in [-0.2, -0.15) is 5.26 Å². The average Bonchev–Trinajstić information content (AvgIpc) is 3.08. The molecule has 9 nitrogen and oxygen atoms in total. The summed E-state index contributed by atoms with van der Waals surface area (Å²) >= 11 is 0.